The van der Waals surface area contributed by atoms with Crippen molar-refractivity contribution >= 4 is 33.5 Å². The maximum absolute atomic E-state index is 13.3. The van der Waals surface area contributed by atoms with Crippen molar-refractivity contribution in [3.05, 3.63) is 66.1 Å². The standard InChI is InChI=1S/C27H28N6O/c1-2-3-15-33-25(17-30-27(33)32-14-8-9-19(28)18-32)26(34)29-16-24-22-12-5-4-10-20(22)21-11-6-7-13-23(21)31-24/h4-7,10-13,17,19H,8-9,14-16,18,28H2,1H3,(H,29,34). The normalized spacial score (nSPS) is 15.8. The summed E-state index contributed by atoms with van der Waals surface area (Å²) in [6, 6.07) is 16.4. The van der Waals surface area contributed by atoms with Crippen LogP contribution in [0.1, 0.15) is 35.9 Å². The average molecular weight is 453 g/mol. The Hall–Kier alpha value is -3.89. The molecule has 7 nitrogen and oxygen atoms in total. The van der Waals surface area contributed by atoms with E-state index in [4.69, 9.17) is 10.7 Å². The second-order valence-corrected chi connectivity index (χ2v) is 8.61. The molecule has 5 rings (SSSR count). The highest BCUT2D eigenvalue weighted by atomic mass is 16.2. The molecular weight excluding hydrogens is 424 g/mol. The minimum atomic E-state index is -0.197. The quantitative estimate of drug-likeness (QED) is 0.358. The van der Waals surface area contributed by atoms with Crippen LogP contribution in [0.4, 0.5) is 5.95 Å². The number of piperidine rings is 1. The Morgan fingerprint density at radius 2 is 1.91 bits per heavy atom. The predicted molar refractivity (Wildman–Crippen MR) is 136 cm³/mol. The zero-order chi connectivity index (χ0) is 23.5. The Morgan fingerprint density at radius 1 is 1.15 bits per heavy atom. The average Bonchev–Trinajstić information content (AvgIpc) is 3.30. The topological polar surface area (TPSA) is 89.1 Å². The maximum atomic E-state index is 13.3. The molecule has 2 aromatic heterocycles. The summed E-state index contributed by atoms with van der Waals surface area (Å²) in [5.41, 5.74) is 8.42. The zero-order valence-electron chi connectivity index (χ0n) is 19.3. The van der Waals surface area contributed by atoms with E-state index >= 15 is 0 Å². The van der Waals surface area contributed by atoms with E-state index in [0.29, 0.717) is 18.8 Å². The molecule has 0 aliphatic carbocycles. The molecule has 34 heavy (non-hydrogen) atoms. The molecule has 0 bridgehead atoms. The van der Waals surface area contributed by atoms with Crippen molar-refractivity contribution < 1.29 is 4.79 Å². The molecule has 3 heterocycles. The lowest BCUT2D eigenvalue weighted by Crippen LogP contribution is -2.44. The molecule has 0 radical (unpaired) electrons. The Kier molecular flexibility index (Phi) is 6.15. The fourth-order valence-corrected chi connectivity index (χ4v) is 4.67. The third kappa shape index (κ3) is 4.20. The SMILES string of the molecule is CC#CCn1c(C(=O)NCc2nc3ccccc3c3ccccc23)cnc1N1CCCC(N)C1. The largest absolute Gasteiger partial charge is 0.345 e. The molecule has 1 amide bonds. The van der Waals surface area contributed by atoms with Crippen molar-refractivity contribution in [1.29, 1.82) is 0 Å². The number of carbonyl (C=O) groups is 1. The number of benzene rings is 2. The number of pyridine rings is 1. The number of aromatic nitrogens is 3. The van der Waals surface area contributed by atoms with Gasteiger partial charge in [-0.15, -0.1) is 5.92 Å². The number of hydrogen-bond acceptors (Lipinski definition) is 5. The van der Waals surface area contributed by atoms with Gasteiger partial charge in [0.1, 0.15) is 5.69 Å². The van der Waals surface area contributed by atoms with E-state index in [1.165, 1.54) is 0 Å². The highest BCUT2D eigenvalue weighted by molar-refractivity contribution is 6.06. The van der Waals surface area contributed by atoms with Gasteiger partial charge in [-0.3, -0.25) is 14.3 Å². The van der Waals surface area contributed by atoms with Crippen molar-refractivity contribution in [2.24, 2.45) is 5.73 Å². The molecule has 1 atom stereocenters. The van der Waals surface area contributed by atoms with E-state index in [1.807, 2.05) is 34.9 Å². The zero-order valence-corrected chi connectivity index (χ0v) is 19.3. The van der Waals surface area contributed by atoms with Crippen LogP contribution in [-0.2, 0) is 13.1 Å². The Labute approximate surface area is 199 Å². The van der Waals surface area contributed by atoms with E-state index in [0.717, 1.165) is 59.2 Å². The first-order valence-electron chi connectivity index (χ1n) is 11.7. The van der Waals surface area contributed by atoms with Crippen LogP contribution in [0, 0.1) is 11.8 Å². The lowest BCUT2D eigenvalue weighted by atomic mass is 10.0. The van der Waals surface area contributed by atoms with Gasteiger partial charge in [0, 0.05) is 29.9 Å². The number of amides is 1. The van der Waals surface area contributed by atoms with E-state index in [9.17, 15) is 4.79 Å². The molecule has 2 aromatic carbocycles. The van der Waals surface area contributed by atoms with Crippen LogP contribution in [0.15, 0.2) is 54.7 Å². The van der Waals surface area contributed by atoms with Crippen molar-refractivity contribution in [2.75, 3.05) is 18.0 Å². The summed E-state index contributed by atoms with van der Waals surface area (Å²) in [7, 11) is 0. The number of para-hydroxylation sites is 1. The molecular formula is C27H28N6O. The van der Waals surface area contributed by atoms with E-state index in [-0.39, 0.29) is 11.9 Å². The molecule has 3 N–H and O–H groups in total. The molecule has 4 aromatic rings. The van der Waals surface area contributed by atoms with Gasteiger partial charge in [-0.25, -0.2) is 4.98 Å². The van der Waals surface area contributed by atoms with E-state index < -0.39 is 0 Å². The van der Waals surface area contributed by atoms with Gasteiger partial charge in [0.15, 0.2) is 0 Å². The van der Waals surface area contributed by atoms with Gasteiger partial charge < -0.3 is 16.0 Å². The fraction of sp³-hybridized carbons (Fsp3) is 0.296. The number of nitrogens with zero attached hydrogens (tertiary/aromatic N) is 4. The van der Waals surface area contributed by atoms with Crippen molar-refractivity contribution in [3.63, 3.8) is 0 Å². The fourth-order valence-electron chi connectivity index (χ4n) is 4.67. The molecule has 1 aliphatic heterocycles. The van der Waals surface area contributed by atoms with Crippen molar-refractivity contribution in [2.45, 2.75) is 38.9 Å². The van der Waals surface area contributed by atoms with Crippen LogP contribution in [0.25, 0.3) is 21.7 Å². The number of nitrogens with two attached hydrogens (primary N) is 1. The molecule has 1 fully saturated rings. The highest BCUT2D eigenvalue weighted by Crippen LogP contribution is 2.26. The molecule has 172 valence electrons. The summed E-state index contributed by atoms with van der Waals surface area (Å²) in [5, 5.41) is 6.33. The molecule has 0 spiro atoms. The van der Waals surface area contributed by atoms with E-state index in [1.54, 1.807) is 13.1 Å². The van der Waals surface area contributed by atoms with Crippen LogP contribution < -0.4 is 16.0 Å². The summed E-state index contributed by atoms with van der Waals surface area (Å²) in [4.78, 5) is 24.9. The first-order valence-corrected chi connectivity index (χ1v) is 11.7. The van der Waals surface area contributed by atoms with Gasteiger partial charge in [-0.2, -0.15) is 0 Å². The van der Waals surface area contributed by atoms with Crippen LogP contribution >= 0.6 is 0 Å². The van der Waals surface area contributed by atoms with Crippen LogP contribution in [0.2, 0.25) is 0 Å². The summed E-state index contributed by atoms with van der Waals surface area (Å²) in [6.45, 7) is 4.11. The Bertz CT molecular complexity index is 1410. The number of rotatable bonds is 5. The smallest absolute Gasteiger partial charge is 0.269 e. The van der Waals surface area contributed by atoms with Crippen LogP contribution in [0.5, 0.6) is 0 Å². The van der Waals surface area contributed by atoms with Gasteiger partial charge in [0.05, 0.1) is 30.5 Å². The summed E-state index contributed by atoms with van der Waals surface area (Å²) in [6.07, 6.45) is 3.65. The van der Waals surface area contributed by atoms with E-state index in [2.05, 4.69) is 45.2 Å². The number of nitrogens with one attached hydrogen (secondary N) is 1. The molecule has 0 saturated carbocycles. The molecule has 1 saturated heterocycles. The van der Waals surface area contributed by atoms with Crippen LogP contribution in [-0.4, -0.2) is 39.6 Å². The highest BCUT2D eigenvalue weighted by Gasteiger charge is 2.24. The first-order chi connectivity index (χ1) is 16.7. The monoisotopic (exact) mass is 452 g/mol. The molecule has 1 aliphatic rings. The van der Waals surface area contributed by atoms with Crippen molar-refractivity contribution in [3.8, 4) is 11.8 Å². The molecule has 7 heteroatoms. The Balaban J connectivity index is 1.43. The maximum Gasteiger partial charge on any atom is 0.269 e. The van der Waals surface area contributed by atoms with Gasteiger partial charge in [0.2, 0.25) is 5.95 Å². The Morgan fingerprint density at radius 3 is 2.71 bits per heavy atom. The predicted octanol–water partition coefficient (Wildman–Crippen LogP) is 3.47. The number of fused-ring (bicyclic) bond motifs is 3. The second-order valence-electron chi connectivity index (χ2n) is 8.61. The second kappa shape index (κ2) is 9.54. The molecule has 1 unspecified atom stereocenters. The first kappa shape index (κ1) is 21.9. The van der Waals surface area contributed by atoms with Crippen LogP contribution in [0.3, 0.4) is 0 Å². The summed E-state index contributed by atoms with van der Waals surface area (Å²) < 4.78 is 1.88. The third-order valence-electron chi connectivity index (χ3n) is 6.33. The van der Waals surface area contributed by atoms with Gasteiger partial charge in [-0.05, 0) is 31.2 Å². The number of imidazole rings is 1. The van der Waals surface area contributed by atoms with Gasteiger partial charge >= 0.3 is 0 Å². The lowest BCUT2D eigenvalue weighted by molar-refractivity contribution is 0.0942. The number of carbonyl (C=O) groups excluding carboxylic acids is 1. The minimum absolute atomic E-state index is 0.112. The lowest BCUT2D eigenvalue weighted by Gasteiger charge is -2.31. The van der Waals surface area contributed by atoms with Gasteiger partial charge in [0.25, 0.3) is 5.91 Å². The summed E-state index contributed by atoms with van der Waals surface area (Å²) >= 11 is 0. The minimum Gasteiger partial charge on any atom is -0.345 e. The summed E-state index contributed by atoms with van der Waals surface area (Å²) in [5.74, 6) is 6.55. The number of hydrogen-bond donors (Lipinski definition) is 2. The third-order valence-corrected chi connectivity index (χ3v) is 6.33. The van der Waals surface area contributed by atoms with Gasteiger partial charge in [-0.1, -0.05) is 48.4 Å². The number of anilines is 1. The van der Waals surface area contributed by atoms with Crippen molar-refractivity contribution in [1.82, 2.24) is 19.9 Å².